The molecule has 5 nitrogen and oxygen atoms in total. The van der Waals surface area contributed by atoms with Gasteiger partial charge in [0.05, 0.1) is 16.3 Å². The van der Waals surface area contributed by atoms with Crippen LogP contribution in [0, 0.1) is 0 Å². The molecule has 0 saturated heterocycles. The number of hydrogen-bond donors (Lipinski definition) is 2. The second-order valence-electron chi connectivity index (χ2n) is 4.83. The van der Waals surface area contributed by atoms with E-state index in [-0.39, 0.29) is 15.6 Å². The Bertz CT molecular complexity index is 947. The number of primary sulfonamides is 1. The van der Waals surface area contributed by atoms with E-state index in [9.17, 15) is 26.4 Å². The van der Waals surface area contributed by atoms with Crippen molar-refractivity contribution in [3.8, 4) is 0 Å². The lowest BCUT2D eigenvalue weighted by molar-refractivity contribution is -0.136. The lowest BCUT2D eigenvalue weighted by Crippen LogP contribution is -2.18. The molecule has 0 fully saturated rings. The van der Waals surface area contributed by atoms with E-state index in [1.165, 1.54) is 6.07 Å². The van der Waals surface area contributed by atoms with Crippen LogP contribution in [0.5, 0.6) is 0 Å². The van der Waals surface area contributed by atoms with Crippen molar-refractivity contribution < 1.29 is 26.4 Å². The lowest BCUT2D eigenvalue weighted by atomic mass is 10.1. The molecule has 2 aromatic carbocycles. The second-order valence-corrected chi connectivity index (χ2v) is 7.21. The highest BCUT2D eigenvalue weighted by Gasteiger charge is 2.34. The third kappa shape index (κ3) is 4.63. The van der Waals surface area contributed by atoms with Crippen molar-refractivity contribution in [2.24, 2.45) is 5.14 Å². The molecule has 0 aliphatic heterocycles. The molecule has 2 rings (SSSR count). The Balaban J connectivity index is 2.42. The Kier molecular flexibility index (Phi) is 5.33. The fourth-order valence-electron chi connectivity index (χ4n) is 1.92. The summed E-state index contributed by atoms with van der Waals surface area (Å²) in [4.78, 5) is 11.7. The average Bonchev–Trinajstić information content (AvgIpc) is 2.47. The predicted octanol–water partition coefficient (Wildman–Crippen LogP) is 3.91. The number of benzene rings is 2. The molecule has 0 radical (unpaired) electrons. The fraction of sp³-hybridized carbons (Fsp3) is 0.0714. The van der Waals surface area contributed by atoms with Gasteiger partial charge in [-0.2, -0.15) is 13.2 Å². The number of nitrogens with one attached hydrogen (secondary N) is 1. The molecule has 0 saturated carbocycles. The van der Waals surface area contributed by atoms with Crippen LogP contribution in [0.2, 0.25) is 10.0 Å². The molecule has 1 amide bonds. The van der Waals surface area contributed by atoms with E-state index in [4.69, 9.17) is 28.3 Å². The van der Waals surface area contributed by atoms with Gasteiger partial charge in [0, 0.05) is 10.6 Å². The van der Waals surface area contributed by atoms with Crippen LogP contribution in [0.25, 0.3) is 0 Å². The van der Waals surface area contributed by atoms with Gasteiger partial charge in [0.1, 0.15) is 4.90 Å². The van der Waals surface area contributed by atoms with Gasteiger partial charge < -0.3 is 5.32 Å². The molecule has 2 aromatic rings. The number of alkyl halides is 3. The van der Waals surface area contributed by atoms with Crippen LogP contribution in [0.1, 0.15) is 15.9 Å². The molecule has 0 unspecified atom stereocenters. The normalized spacial score (nSPS) is 12.1. The largest absolute Gasteiger partial charge is 0.418 e. The fourth-order valence-corrected chi connectivity index (χ4v) is 3.16. The van der Waals surface area contributed by atoms with Crippen molar-refractivity contribution in [3.63, 3.8) is 0 Å². The third-order valence-corrected chi connectivity index (χ3v) is 4.66. The minimum absolute atomic E-state index is 0.159. The summed E-state index contributed by atoms with van der Waals surface area (Å²) in [5.41, 5.74) is -1.92. The highest BCUT2D eigenvalue weighted by Crippen LogP contribution is 2.36. The number of hydrogen-bond acceptors (Lipinski definition) is 3. The van der Waals surface area contributed by atoms with Crippen LogP contribution < -0.4 is 10.5 Å². The number of carbonyl (C=O) groups is 1. The second kappa shape index (κ2) is 6.83. The van der Waals surface area contributed by atoms with Crippen molar-refractivity contribution in [1.29, 1.82) is 0 Å². The zero-order valence-electron chi connectivity index (χ0n) is 12.1. The van der Waals surface area contributed by atoms with Crippen LogP contribution in [-0.2, 0) is 16.2 Å². The summed E-state index contributed by atoms with van der Waals surface area (Å²) < 4.78 is 61.9. The van der Waals surface area contributed by atoms with E-state index in [1.54, 1.807) is 0 Å². The van der Waals surface area contributed by atoms with E-state index in [0.29, 0.717) is 6.07 Å². The van der Waals surface area contributed by atoms with Crippen LogP contribution in [-0.4, -0.2) is 14.3 Å². The van der Waals surface area contributed by atoms with Crippen molar-refractivity contribution in [2.45, 2.75) is 11.1 Å². The first-order chi connectivity index (χ1) is 11.4. The Morgan fingerprint density at radius 2 is 1.72 bits per heavy atom. The van der Waals surface area contributed by atoms with Crippen molar-refractivity contribution in [1.82, 2.24) is 0 Å². The Labute approximate surface area is 150 Å². The molecule has 0 spiro atoms. The molecule has 3 N–H and O–H groups in total. The van der Waals surface area contributed by atoms with E-state index in [0.717, 1.165) is 24.3 Å². The number of carbonyl (C=O) groups excluding carboxylic acids is 1. The van der Waals surface area contributed by atoms with Gasteiger partial charge >= 0.3 is 6.18 Å². The summed E-state index contributed by atoms with van der Waals surface area (Å²) in [7, 11) is -4.21. The van der Waals surface area contributed by atoms with E-state index in [1.807, 2.05) is 0 Å². The van der Waals surface area contributed by atoms with Gasteiger partial charge in [-0.1, -0.05) is 23.2 Å². The number of nitrogens with two attached hydrogens (primary N) is 1. The summed E-state index contributed by atoms with van der Waals surface area (Å²) in [6, 6.07) is 5.94. The van der Waals surface area contributed by atoms with Crippen LogP contribution >= 0.6 is 23.2 Å². The van der Waals surface area contributed by atoms with Crippen molar-refractivity contribution in [2.75, 3.05) is 5.32 Å². The van der Waals surface area contributed by atoms with Crippen LogP contribution in [0.15, 0.2) is 41.3 Å². The number of sulfonamides is 1. The number of amides is 1. The maximum atomic E-state index is 13.0. The maximum Gasteiger partial charge on any atom is 0.418 e. The number of halogens is 5. The number of rotatable bonds is 3. The molecule has 0 aromatic heterocycles. The summed E-state index contributed by atoms with van der Waals surface area (Å²) in [6.45, 7) is 0. The standard InChI is InChI=1S/C14H9Cl2F3N2O3S/c15-8-2-4-11(9(6-8)14(17,18)19)21-13(22)7-1-3-10(16)12(5-7)25(20,23)24/h1-6H,(H,21,22)(H2,20,23,24). The molecule has 0 heterocycles. The van der Waals surface area contributed by atoms with Crippen molar-refractivity contribution in [3.05, 3.63) is 57.6 Å². The SMILES string of the molecule is NS(=O)(=O)c1cc(C(=O)Nc2ccc(Cl)cc2C(F)(F)F)ccc1Cl. The topological polar surface area (TPSA) is 89.3 Å². The summed E-state index contributed by atoms with van der Waals surface area (Å²) in [6.07, 6.45) is -4.75. The van der Waals surface area contributed by atoms with E-state index in [2.05, 4.69) is 5.32 Å². The zero-order valence-corrected chi connectivity index (χ0v) is 14.4. The summed E-state index contributed by atoms with van der Waals surface area (Å²) in [5.74, 6) is -0.977. The summed E-state index contributed by atoms with van der Waals surface area (Å²) >= 11 is 11.3. The first-order valence-electron chi connectivity index (χ1n) is 6.40. The molecule has 25 heavy (non-hydrogen) atoms. The summed E-state index contributed by atoms with van der Waals surface area (Å²) in [5, 5.41) is 6.65. The highest BCUT2D eigenvalue weighted by molar-refractivity contribution is 7.89. The van der Waals surface area contributed by atoms with Crippen LogP contribution in [0.3, 0.4) is 0 Å². The van der Waals surface area contributed by atoms with E-state index >= 15 is 0 Å². The molecular formula is C14H9Cl2F3N2O3S. The van der Waals surface area contributed by atoms with Gasteiger partial charge in [0.15, 0.2) is 0 Å². The van der Waals surface area contributed by atoms with Gasteiger partial charge in [0.25, 0.3) is 5.91 Å². The molecule has 0 bridgehead atoms. The molecule has 11 heteroatoms. The van der Waals surface area contributed by atoms with Gasteiger partial charge in [-0.25, -0.2) is 13.6 Å². The molecule has 0 aliphatic rings. The van der Waals surface area contributed by atoms with Gasteiger partial charge in [-0.3, -0.25) is 4.79 Å². The van der Waals surface area contributed by atoms with Gasteiger partial charge in [0.2, 0.25) is 10.0 Å². The lowest BCUT2D eigenvalue weighted by Gasteiger charge is -2.14. The Morgan fingerprint density at radius 1 is 1.08 bits per heavy atom. The quantitative estimate of drug-likeness (QED) is 0.800. The maximum absolute atomic E-state index is 13.0. The Morgan fingerprint density at radius 3 is 2.28 bits per heavy atom. The van der Waals surface area contributed by atoms with Crippen molar-refractivity contribution >= 4 is 44.8 Å². The minimum Gasteiger partial charge on any atom is -0.321 e. The number of anilines is 1. The minimum atomic E-state index is -4.75. The van der Waals surface area contributed by atoms with E-state index < -0.39 is 38.3 Å². The predicted molar refractivity (Wildman–Crippen MR) is 87.2 cm³/mol. The third-order valence-electron chi connectivity index (χ3n) is 3.04. The first-order valence-corrected chi connectivity index (χ1v) is 8.70. The Hall–Kier alpha value is -1.81. The van der Waals surface area contributed by atoms with Gasteiger partial charge in [-0.15, -0.1) is 0 Å². The molecule has 0 aliphatic carbocycles. The molecular weight excluding hydrogens is 404 g/mol. The molecule has 0 atom stereocenters. The zero-order chi connectivity index (χ0) is 19.0. The monoisotopic (exact) mass is 412 g/mol. The average molecular weight is 413 g/mol. The first kappa shape index (κ1) is 19.5. The van der Waals surface area contributed by atoms with Crippen LogP contribution in [0.4, 0.5) is 18.9 Å². The smallest absolute Gasteiger partial charge is 0.321 e. The molecule has 134 valence electrons. The highest BCUT2D eigenvalue weighted by atomic mass is 35.5. The van der Waals surface area contributed by atoms with Gasteiger partial charge in [-0.05, 0) is 36.4 Å².